The molecular formula is C34H46N2O6. The number of para-hydroxylation sites is 1. The summed E-state index contributed by atoms with van der Waals surface area (Å²) in [5.74, 6) is -1.37. The topological polar surface area (TPSA) is 110 Å². The Morgan fingerprint density at radius 3 is 1.88 bits per heavy atom. The molecule has 3 rings (SSSR count). The number of nitro benzene ring substituents is 1. The summed E-state index contributed by atoms with van der Waals surface area (Å²) in [5.41, 5.74) is 0.205. The fourth-order valence-corrected chi connectivity index (χ4v) is 5.70. The van der Waals surface area contributed by atoms with Crippen molar-refractivity contribution in [3.63, 3.8) is 0 Å². The zero-order valence-electron chi connectivity index (χ0n) is 25.2. The predicted octanol–water partition coefficient (Wildman–Crippen LogP) is 8.51. The quantitative estimate of drug-likeness (QED) is 0.0447. The molecule has 1 saturated heterocycles. The van der Waals surface area contributed by atoms with Crippen molar-refractivity contribution in [2.24, 2.45) is 0 Å². The number of methoxy groups -OCH3 is 1. The molecule has 0 saturated carbocycles. The summed E-state index contributed by atoms with van der Waals surface area (Å²) in [6.07, 6.45) is 16.8. The first-order valence-corrected chi connectivity index (χ1v) is 15.6. The van der Waals surface area contributed by atoms with Crippen LogP contribution in [0.2, 0.25) is 0 Å². The third kappa shape index (κ3) is 8.91. The van der Waals surface area contributed by atoms with Gasteiger partial charge in [0, 0.05) is 18.2 Å². The lowest BCUT2D eigenvalue weighted by molar-refractivity contribution is -0.385. The van der Waals surface area contributed by atoms with Gasteiger partial charge in [-0.1, -0.05) is 103 Å². The minimum Gasteiger partial charge on any atom is -0.507 e. The number of amides is 1. The molecule has 1 unspecified atom stereocenters. The Balaban J connectivity index is 1.62. The Labute approximate surface area is 249 Å². The van der Waals surface area contributed by atoms with Crippen molar-refractivity contribution in [1.82, 2.24) is 4.90 Å². The first kappa shape index (κ1) is 32.8. The van der Waals surface area contributed by atoms with Crippen LogP contribution in [-0.4, -0.2) is 40.3 Å². The highest BCUT2D eigenvalue weighted by atomic mass is 16.6. The van der Waals surface area contributed by atoms with Crippen LogP contribution in [0.5, 0.6) is 5.75 Å². The van der Waals surface area contributed by atoms with Crippen LogP contribution in [0.15, 0.2) is 54.1 Å². The minimum absolute atomic E-state index is 0.134. The van der Waals surface area contributed by atoms with Crippen LogP contribution in [0.25, 0.3) is 5.76 Å². The molecule has 1 aliphatic heterocycles. The Morgan fingerprint density at radius 1 is 0.833 bits per heavy atom. The molecule has 2 aromatic rings. The third-order valence-electron chi connectivity index (χ3n) is 8.08. The largest absolute Gasteiger partial charge is 0.507 e. The normalized spacial score (nSPS) is 16.2. The Bertz CT molecular complexity index is 1210. The van der Waals surface area contributed by atoms with Crippen LogP contribution in [-0.2, 0) is 9.59 Å². The van der Waals surface area contributed by atoms with Gasteiger partial charge in [0.1, 0.15) is 11.5 Å². The number of likely N-dealkylation sites (tertiary alicyclic amines) is 1. The van der Waals surface area contributed by atoms with Gasteiger partial charge in [-0.25, -0.2) is 0 Å². The molecule has 1 heterocycles. The van der Waals surface area contributed by atoms with E-state index in [1.165, 1.54) is 82.3 Å². The molecule has 42 heavy (non-hydrogen) atoms. The van der Waals surface area contributed by atoms with E-state index >= 15 is 0 Å². The van der Waals surface area contributed by atoms with Crippen molar-refractivity contribution in [2.45, 2.75) is 103 Å². The number of nitrogens with zero attached hydrogens (tertiary/aromatic N) is 2. The number of benzene rings is 2. The van der Waals surface area contributed by atoms with Crippen molar-refractivity contribution in [2.75, 3.05) is 13.7 Å². The SMILES string of the molecule is CCCCCCCCCCCCCCCCN1C(=O)C(=O)/C(=C(\O)c2ccc(OC)cc2)C1c1ccccc1[N+](=O)[O-]. The van der Waals surface area contributed by atoms with Crippen LogP contribution < -0.4 is 4.74 Å². The maximum atomic E-state index is 13.3. The molecule has 2 aromatic carbocycles. The molecular weight excluding hydrogens is 532 g/mol. The molecule has 228 valence electrons. The highest BCUT2D eigenvalue weighted by molar-refractivity contribution is 6.46. The van der Waals surface area contributed by atoms with Gasteiger partial charge in [0.25, 0.3) is 17.4 Å². The Morgan fingerprint density at radius 2 is 1.36 bits per heavy atom. The standard InChI is InChI=1S/C34H46N2O6/c1-3-4-5-6-7-8-9-10-11-12-13-14-15-18-25-35-31(28-19-16-17-20-29(28)36(40)41)30(33(38)34(35)39)32(37)26-21-23-27(42-2)24-22-26/h16-17,19-24,31,37H,3-15,18,25H2,1-2H3/b32-30-. The third-order valence-corrected chi connectivity index (χ3v) is 8.08. The maximum absolute atomic E-state index is 13.3. The molecule has 1 N–H and O–H groups in total. The number of ether oxygens (including phenoxy) is 1. The lowest BCUT2D eigenvalue weighted by Crippen LogP contribution is -2.31. The number of hydrogen-bond donors (Lipinski definition) is 1. The molecule has 1 amide bonds. The Kier molecular flexibility index (Phi) is 13.5. The van der Waals surface area contributed by atoms with Gasteiger partial charge in [-0.2, -0.15) is 0 Å². The average Bonchev–Trinajstić information content (AvgIpc) is 3.25. The van der Waals surface area contributed by atoms with Gasteiger partial charge in [0.05, 0.1) is 29.2 Å². The molecule has 0 spiro atoms. The number of ketones is 1. The second-order valence-electron chi connectivity index (χ2n) is 11.1. The van der Waals surface area contributed by atoms with E-state index in [-0.39, 0.29) is 29.1 Å². The van der Waals surface area contributed by atoms with E-state index in [1.807, 2.05) is 0 Å². The van der Waals surface area contributed by atoms with Gasteiger partial charge in [0.15, 0.2) is 0 Å². The lowest BCUT2D eigenvalue weighted by atomic mass is 9.94. The molecule has 1 atom stereocenters. The van der Waals surface area contributed by atoms with Crippen LogP contribution >= 0.6 is 0 Å². The van der Waals surface area contributed by atoms with Gasteiger partial charge < -0.3 is 14.7 Å². The van der Waals surface area contributed by atoms with E-state index in [2.05, 4.69) is 6.92 Å². The lowest BCUT2D eigenvalue weighted by Gasteiger charge is -2.25. The Hall–Kier alpha value is -3.68. The van der Waals surface area contributed by atoms with Gasteiger partial charge in [0.2, 0.25) is 0 Å². The minimum atomic E-state index is -1.05. The van der Waals surface area contributed by atoms with Crippen LogP contribution in [0, 0.1) is 10.1 Å². The van der Waals surface area contributed by atoms with Crippen molar-refractivity contribution < 1.29 is 24.4 Å². The highest BCUT2D eigenvalue weighted by Gasteiger charge is 2.47. The molecule has 8 nitrogen and oxygen atoms in total. The number of nitro groups is 1. The highest BCUT2D eigenvalue weighted by Crippen LogP contribution is 2.42. The predicted molar refractivity (Wildman–Crippen MR) is 165 cm³/mol. The number of hydrogen-bond acceptors (Lipinski definition) is 6. The van der Waals surface area contributed by atoms with Gasteiger partial charge in [-0.05, 0) is 36.8 Å². The number of carbonyl (C=O) groups excluding carboxylic acids is 2. The number of carbonyl (C=O) groups is 2. The zero-order chi connectivity index (χ0) is 30.3. The number of aliphatic hydroxyl groups excluding tert-OH is 1. The molecule has 1 fully saturated rings. The van der Waals surface area contributed by atoms with Gasteiger partial charge in [-0.3, -0.25) is 19.7 Å². The molecule has 8 heteroatoms. The number of unbranched alkanes of at least 4 members (excludes halogenated alkanes) is 13. The fourth-order valence-electron chi connectivity index (χ4n) is 5.70. The number of rotatable bonds is 19. The molecule has 0 aromatic heterocycles. The summed E-state index contributed by atoms with van der Waals surface area (Å²) >= 11 is 0. The smallest absolute Gasteiger partial charge is 0.295 e. The van der Waals surface area contributed by atoms with E-state index < -0.39 is 22.7 Å². The first-order chi connectivity index (χ1) is 20.4. The summed E-state index contributed by atoms with van der Waals surface area (Å²) in [4.78, 5) is 39.2. The molecule has 1 aliphatic rings. The number of Topliss-reactive ketones (excluding diaryl/α,β-unsaturated/α-hetero) is 1. The summed E-state index contributed by atoms with van der Waals surface area (Å²) < 4.78 is 5.18. The summed E-state index contributed by atoms with van der Waals surface area (Å²) in [7, 11) is 1.52. The van der Waals surface area contributed by atoms with E-state index in [0.29, 0.717) is 17.7 Å². The zero-order valence-corrected chi connectivity index (χ0v) is 25.2. The monoisotopic (exact) mass is 578 g/mol. The molecule has 0 aliphatic carbocycles. The van der Waals surface area contributed by atoms with Crippen molar-refractivity contribution >= 4 is 23.1 Å². The second-order valence-corrected chi connectivity index (χ2v) is 11.1. The summed E-state index contributed by atoms with van der Waals surface area (Å²) in [6.45, 7) is 2.52. The van der Waals surface area contributed by atoms with Crippen molar-refractivity contribution in [3.05, 3.63) is 75.3 Å². The van der Waals surface area contributed by atoms with E-state index in [4.69, 9.17) is 4.74 Å². The van der Waals surface area contributed by atoms with Gasteiger partial charge in [-0.15, -0.1) is 0 Å². The van der Waals surface area contributed by atoms with Crippen LogP contribution in [0.3, 0.4) is 0 Å². The first-order valence-electron chi connectivity index (χ1n) is 15.6. The average molecular weight is 579 g/mol. The molecule has 0 bridgehead atoms. The van der Waals surface area contributed by atoms with Crippen LogP contribution in [0.4, 0.5) is 5.69 Å². The van der Waals surface area contributed by atoms with E-state index in [9.17, 15) is 24.8 Å². The van der Waals surface area contributed by atoms with Gasteiger partial charge >= 0.3 is 0 Å². The maximum Gasteiger partial charge on any atom is 0.295 e. The van der Waals surface area contributed by atoms with Crippen molar-refractivity contribution in [1.29, 1.82) is 0 Å². The molecule has 0 radical (unpaired) electrons. The number of aliphatic hydroxyl groups is 1. The van der Waals surface area contributed by atoms with E-state index in [0.717, 1.165) is 19.3 Å². The summed E-state index contributed by atoms with van der Waals surface area (Å²) in [5, 5.41) is 23.1. The summed E-state index contributed by atoms with van der Waals surface area (Å²) in [6, 6.07) is 11.5. The van der Waals surface area contributed by atoms with Crippen LogP contribution in [0.1, 0.15) is 114 Å². The fraction of sp³-hybridized carbons (Fsp3) is 0.529. The second kappa shape index (κ2) is 17.3. The van der Waals surface area contributed by atoms with Crippen molar-refractivity contribution in [3.8, 4) is 5.75 Å². The van der Waals surface area contributed by atoms with E-state index in [1.54, 1.807) is 42.5 Å².